The zero-order valence-corrected chi connectivity index (χ0v) is 18.5. The average Bonchev–Trinajstić information content (AvgIpc) is 2.83. The van der Waals surface area contributed by atoms with Crippen LogP contribution in [0.5, 0.6) is 0 Å². The number of amides is 1. The highest BCUT2D eigenvalue weighted by molar-refractivity contribution is 7.89. The summed E-state index contributed by atoms with van der Waals surface area (Å²) in [6.07, 6.45) is 0. The lowest BCUT2D eigenvalue weighted by atomic mass is 10.1. The molecular weight excluding hydrogens is 442 g/mol. The van der Waals surface area contributed by atoms with Gasteiger partial charge in [-0.1, -0.05) is 37.3 Å². The van der Waals surface area contributed by atoms with E-state index in [1.165, 1.54) is 46.8 Å². The van der Waals surface area contributed by atoms with Crippen LogP contribution in [-0.2, 0) is 16.6 Å². The van der Waals surface area contributed by atoms with Gasteiger partial charge in [-0.05, 0) is 48.0 Å². The monoisotopic (exact) mass is 463 g/mol. The zero-order valence-electron chi connectivity index (χ0n) is 17.7. The molecular formula is C24H21N3O5S. The van der Waals surface area contributed by atoms with Crippen molar-refractivity contribution in [2.24, 2.45) is 0 Å². The number of anilines is 1. The summed E-state index contributed by atoms with van der Waals surface area (Å²) >= 11 is 0. The third-order valence-corrected chi connectivity index (χ3v) is 6.87. The summed E-state index contributed by atoms with van der Waals surface area (Å²) in [5.74, 6) is -1.90. The van der Waals surface area contributed by atoms with E-state index in [1.807, 2.05) is 36.4 Å². The van der Waals surface area contributed by atoms with Gasteiger partial charge in [-0.25, -0.2) is 13.2 Å². The number of sulfonamides is 1. The molecule has 168 valence electrons. The Labute approximate surface area is 191 Å². The SMILES string of the molecule is CCN(Cc1ccccc1)S(=O)(=O)c1ccc(C(=O)Nc2ccc(C#N)cc2C(=O)O)cc1. The van der Waals surface area contributed by atoms with E-state index in [0.717, 1.165) is 5.56 Å². The summed E-state index contributed by atoms with van der Waals surface area (Å²) in [6, 6.07) is 20.4. The van der Waals surface area contributed by atoms with Crippen molar-refractivity contribution in [3.05, 3.63) is 95.1 Å². The van der Waals surface area contributed by atoms with E-state index in [2.05, 4.69) is 5.32 Å². The molecule has 0 aliphatic rings. The number of carboxylic acids is 1. The van der Waals surface area contributed by atoms with E-state index in [1.54, 1.807) is 6.92 Å². The van der Waals surface area contributed by atoms with Crippen molar-refractivity contribution in [1.82, 2.24) is 4.31 Å². The Balaban J connectivity index is 1.80. The zero-order chi connectivity index (χ0) is 24.0. The molecule has 0 bridgehead atoms. The van der Waals surface area contributed by atoms with Crippen molar-refractivity contribution in [3.63, 3.8) is 0 Å². The maximum Gasteiger partial charge on any atom is 0.337 e. The van der Waals surface area contributed by atoms with Crippen molar-refractivity contribution in [3.8, 4) is 6.07 Å². The fourth-order valence-corrected chi connectivity index (χ4v) is 4.61. The highest BCUT2D eigenvalue weighted by Gasteiger charge is 2.24. The van der Waals surface area contributed by atoms with Crippen LogP contribution in [-0.4, -0.2) is 36.3 Å². The van der Waals surface area contributed by atoms with E-state index >= 15 is 0 Å². The molecule has 8 nitrogen and oxygen atoms in total. The molecule has 33 heavy (non-hydrogen) atoms. The fourth-order valence-electron chi connectivity index (χ4n) is 3.18. The number of carbonyl (C=O) groups is 2. The van der Waals surface area contributed by atoms with Crippen LogP contribution in [0.25, 0.3) is 0 Å². The van der Waals surface area contributed by atoms with Crippen LogP contribution >= 0.6 is 0 Å². The molecule has 0 unspecified atom stereocenters. The Morgan fingerprint density at radius 1 is 1.03 bits per heavy atom. The maximum absolute atomic E-state index is 13.1. The molecule has 2 N–H and O–H groups in total. The van der Waals surface area contributed by atoms with Crippen LogP contribution in [0.15, 0.2) is 77.7 Å². The fraction of sp³-hybridized carbons (Fsp3) is 0.125. The van der Waals surface area contributed by atoms with Crippen LogP contribution in [0.1, 0.15) is 38.8 Å². The molecule has 0 aliphatic heterocycles. The summed E-state index contributed by atoms with van der Waals surface area (Å²) in [5.41, 5.74) is 0.969. The molecule has 0 atom stereocenters. The first-order chi connectivity index (χ1) is 15.8. The number of hydrogen-bond acceptors (Lipinski definition) is 5. The predicted octanol–water partition coefficient (Wildman–Crippen LogP) is 3.72. The van der Waals surface area contributed by atoms with Crippen LogP contribution in [0.4, 0.5) is 5.69 Å². The summed E-state index contributed by atoms with van der Waals surface area (Å²) in [4.78, 5) is 24.1. The molecule has 0 saturated carbocycles. The third kappa shape index (κ3) is 5.44. The number of carbonyl (C=O) groups excluding carboxylic acids is 1. The molecule has 0 radical (unpaired) electrons. The molecule has 3 aromatic rings. The molecule has 0 aromatic heterocycles. The highest BCUT2D eigenvalue weighted by atomic mass is 32.2. The van der Waals surface area contributed by atoms with Gasteiger partial charge in [-0.15, -0.1) is 0 Å². The number of nitriles is 1. The van der Waals surface area contributed by atoms with E-state index in [4.69, 9.17) is 5.26 Å². The minimum Gasteiger partial charge on any atom is -0.478 e. The normalized spacial score (nSPS) is 11.1. The minimum atomic E-state index is -3.78. The molecule has 0 spiro atoms. The molecule has 0 fully saturated rings. The molecule has 3 rings (SSSR count). The second-order valence-electron chi connectivity index (χ2n) is 7.07. The van der Waals surface area contributed by atoms with Crippen molar-refractivity contribution in [2.75, 3.05) is 11.9 Å². The van der Waals surface area contributed by atoms with E-state index in [-0.39, 0.29) is 40.4 Å². The summed E-state index contributed by atoms with van der Waals surface area (Å²) in [5, 5.41) is 20.8. The lowest BCUT2D eigenvalue weighted by Crippen LogP contribution is -2.30. The topological polar surface area (TPSA) is 128 Å². The predicted molar refractivity (Wildman–Crippen MR) is 122 cm³/mol. The first kappa shape index (κ1) is 23.7. The van der Waals surface area contributed by atoms with Gasteiger partial charge in [-0.2, -0.15) is 9.57 Å². The number of aromatic carboxylic acids is 1. The largest absolute Gasteiger partial charge is 0.478 e. The summed E-state index contributed by atoms with van der Waals surface area (Å²) in [6.45, 7) is 2.24. The number of benzene rings is 3. The third-order valence-electron chi connectivity index (χ3n) is 4.94. The van der Waals surface area contributed by atoms with Gasteiger partial charge in [0.05, 0.1) is 27.8 Å². The molecule has 0 heterocycles. The van der Waals surface area contributed by atoms with Gasteiger partial charge >= 0.3 is 5.97 Å². The first-order valence-electron chi connectivity index (χ1n) is 9.99. The second kappa shape index (κ2) is 10.1. The van der Waals surface area contributed by atoms with Crippen LogP contribution in [0, 0.1) is 11.3 Å². The molecule has 3 aromatic carbocycles. The van der Waals surface area contributed by atoms with E-state index in [0.29, 0.717) is 0 Å². The number of nitrogens with one attached hydrogen (secondary N) is 1. The van der Waals surface area contributed by atoms with Gasteiger partial charge in [0, 0.05) is 18.7 Å². The van der Waals surface area contributed by atoms with Crippen LogP contribution < -0.4 is 5.32 Å². The van der Waals surface area contributed by atoms with Crippen molar-refractivity contribution in [2.45, 2.75) is 18.4 Å². The lowest BCUT2D eigenvalue weighted by molar-refractivity contribution is 0.0698. The van der Waals surface area contributed by atoms with Crippen molar-refractivity contribution < 1.29 is 23.1 Å². The van der Waals surface area contributed by atoms with Crippen LogP contribution in [0.2, 0.25) is 0 Å². The Bertz CT molecular complexity index is 1310. The second-order valence-corrected chi connectivity index (χ2v) is 9.01. The number of rotatable bonds is 8. The molecule has 1 amide bonds. The van der Waals surface area contributed by atoms with E-state index < -0.39 is 21.9 Å². The summed E-state index contributed by atoms with van der Waals surface area (Å²) in [7, 11) is -3.78. The quantitative estimate of drug-likeness (QED) is 0.524. The standard InChI is InChI=1S/C24H21N3O5S/c1-2-27(16-17-6-4-3-5-7-17)33(31,32)20-11-9-19(10-12-20)23(28)26-22-13-8-18(15-25)14-21(22)24(29)30/h3-14H,2,16H2,1H3,(H,26,28)(H,29,30). The Hall–Kier alpha value is -4.00. The van der Waals surface area contributed by atoms with Crippen LogP contribution in [0.3, 0.4) is 0 Å². The van der Waals surface area contributed by atoms with Crippen molar-refractivity contribution >= 4 is 27.6 Å². The first-order valence-corrected chi connectivity index (χ1v) is 11.4. The summed E-state index contributed by atoms with van der Waals surface area (Å²) < 4.78 is 27.4. The average molecular weight is 464 g/mol. The number of hydrogen-bond donors (Lipinski definition) is 2. The highest BCUT2D eigenvalue weighted by Crippen LogP contribution is 2.21. The minimum absolute atomic E-state index is 0.0308. The molecule has 9 heteroatoms. The molecule has 0 saturated heterocycles. The Kier molecular flexibility index (Phi) is 7.23. The Morgan fingerprint density at radius 2 is 1.70 bits per heavy atom. The van der Waals surface area contributed by atoms with Gasteiger partial charge in [0.2, 0.25) is 10.0 Å². The van der Waals surface area contributed by atoms with Gasteiger partial charge in [0.25, 0.3) is 5.91 Å². The smallest absolute Gasteiger partial charge is 0.337 e. The van der Waals surface area contributed by atoms with E-state index in [9.17, 15) is 23.1 Å². The Morgan fingerprint density at radius 3 is 2.27 bits per heavy atom. The number of nitrogens with zero attached hydrogens (tertiary/aromatic N) is 2. The molecule has 0 aliphatic carbocycles. The van der Waals surface area contributed by atoms with Crippen molar-refractivity contribution in [1.29, 1.82) is 5.26 Å². The van der Waals surface area contributed by atoms with Gasteiger partial charge < -0.3 is 10.4 Å². The maximum atomic E-state index is 13.1. The number of carboxylic acid groups (broad SMARTS) is 1. The van der Waals surface area contributed by atoms with Gasteiger partial charge in [-0.3, -0.25) is 4.79 Å². The van der Waals surface area contributed by atoms with Gasteiger partial charge in [0.1, 0.15) is 0 Å². The van der Waals surface area contributed by atoms with Gasteiger partial charge in [0.15, 0.2) is 0 Å². The lowest BCUT2D eigenvalue weighted by Gasteiger charge is -2.20.